The molecule has 0 amide bonds. The Hall–Kier alpha value is -2.21. The van der Waals surface area contributed by atoms with Crippen molar-refractivity contribution in [2.75, 3.05) is 0 Å². The number of carboxylic acid groups (broad SMARTS) is 1. The smallest absolute Gasteiger partial charge is 0.338 e. The highest BCUT2D eigenvalue weighted by Crippen LogP contribution is 2.15. The average molecular weight is 227 g/mol. The van der Waals surface area contributed by atoms with E-state index >= 15 is 0 Å². The van der Waals surface area contributed by atoms with Crippen LogP contribution in [0.15, 0.2) is 30.5 Å². The number of unbranched alkanes of at least 4 members (excludes halogenated alkanes) is 1. The minimum Gasteiger partial charge on any atom is -0.478 e. The molecule has 0 spiro atoms. The van der Waals surface area contributed by atoms with Crippen LogP contribution in [0, 0.1) is 11.8 Å². The molecule has 0 aliphatic heterocycles. The molecule has 0 aliphatic carbocycles. The van der Waals surface area contributed by atoms with Gasteiger partial charge in [0, 0.05) is 18.1 Å². The quantitative estimate of drug-likeness (QED) is 0.801. The zero-order valence-electron chi connectivity index (χ0n) is 9.60. The van der Waals surface area contributed by atoms with Crippen molar-refractivity contribution >= 4 is 11.5 Å². The second-order valence-corrected chi connectivity index (χ2v) is 3.76. The summed E-state index contributed by atoms with van der Waals surface area (Å²) in [6.45, 7) is 2.04. The first-order valence-electron chi connectivity index (χ1n) is 5.56. The lowest BCUT2D eigenvalue weighted by Gasteiger charge is -1.96. The van der Waals surface area contributed by atoms with Crippen molar-refractivity contribution in [2.24, 2.45) is 0 Å². The number of pyridine rings is 1. The molecule has 2 aromatic heterocycles. The fourth-order valence-electron chi connectivity index (χ4n) is 1.69. The number of carboxylic acids is 1. The van der Waals surface area contributed by atoms with Gasteiger partial charge in [0.25, 0.3) is 0 Å². The molecule has 0 radical (unpaired) electrons. The number of nitrogens with zero attached hydrogens (tertiary/aromatic N) is 1. The molecular weight excluding hydrogens is 214 g/mol. The van der Waals surface area contributed by atoms with E-state index in [4.69, 9.17) is 5.11 Å². The number of rotatable bonds is 2. The van der Waals surface area contributed by atoms with Crippen LogP contribution >= 0.6 is 0 Å². The van der Waals surface area contributed by atoms with Crippen molar-refractivity contribution in [2.45, 2.75) is 19.8 Å². The predicted molar refractivity (Wildman–Crippen MR) is 66.1 cm³/mol. The Morgan fingerprint density at radius 3 is 3.00 bits per heavy atom. The van der Waals surface area contributed by atoms with Crippen molar-refractivity contribution in [3.8, 4) is 11.8 Å². The molecule has 0 fully saturated rings. The van der Waals surface area contributed by atoms with Crippen LogP contribution in [0.3, 0.4) is 0 Å². The van der Waals surface area contributed by atoms with Crippen LogP contribution in [0.25, 0.3) is 5.52 Å². The number of aromatic nitrogens is 1. The van der Waals surface area contributed by atoms with Gasteiger partial charge in [-0.3, -0.25) is 0 Å². The Kier molecular flexibility index (Phi) is 3.15. The first-order chi connectivity index (χ1) is 8.24. The van der Waals surface area contributed by atoms with Crippen molar-refractivity contribution in [3.63, 3.8) is 0 Å². The van der Waals surface area contributed by atoms with Gasteiger partial charge in [0.2, 0.25) is 0 Å². The molecule has 17 heavy (non-hydrogen) atoms. The van der Waals surface area contributed by atoms with Crippen LogP contribution in [-0.4, -0.2) is 15.5 Å². The minimum atomic E-state index is -0.936. The Morgan fingerprint density at radius 2 is 2.29 bits per heavy atom. The van der Waals surface area contributed by atoms with Gasteiger partial charge in [-0.1, -0.05) is 18.9 Å². The highest BCUT2D eigenvalue weighted by atomic mass is 16.4. The summed E-state index contributed by atoms with van der Waals surface area (Å²) < 4.78 is 1.81. The summed E-state index contributed by atoms with van der Waals surface area (Å²) in [5, 5.41) is 9.14. The summed E-state index contributed by atoms with van der Waals surface area (Å²) in [6.07, 6.45) is 3.58. The van der Waals surface area contributed by atoms with E-state index in [2.05, 4.69) is 11.8 Å². The largest absolute Gasteiger partial charge is 0.478 e. The molecule has 86 valence electrons. The lowest BCUT2D eigenvalue weighted by Crippen LogP contribution is -1.98. The molecule has 0 atom stereocenters. The Bertz CT molecular complexity index is 614. The summed E-state index contributed by atoms with van der Waals surface area (Å²) in [5.74, 6) is 5.01. The predicted octanol–water partition coefficient (Wildman–Crippen LogP) is 2.79. The molecule has 0 unspecified atom stereocenters. The summed E-state index contributed by atoms with van der Waals surface area (Å²) in [6, 6.07) is 7.27. The maximum atomic E-state index is 11.1. The standard InChI is InChI=1S/C14H13NO2/c1-2-3-4-8-13-12(14(16)17)10-11-7-5-6-9-15(11)13/h5-7,9-10H,2-3H2,1H3,(H,16,17). The van der Waals surface area contributed by atoms with Crippen LogP contribution in [-0.2, 0) is 0 Å². The third-order valence-corrected chi connectivity index (χ3v) is 2.49. The van der Waals surface area contributed by atoms with Gasteiger partial charge in [0.15, 0.2) is 0 Å². The van der Waals surface area contributed by atoms with Gasteiger partial charge >= 0.3 is 5.97 Å². The molecule has 2 rings (SSSR count). The average Bonchev–Trinajstić information content (AvgIpc) is 2.69. The SMILES string of the molecule is CCCC#Cc1c(C(=O)O)cc2ccccn12. The molecule has 0 saturated carbocycles. The lowest BCUT2D eigenvalue weighted by atomic mass is 10.2. The Labute approximate surface area is 99.7 Å². The maximum absolute atomic E-state index is 11.1. The van der Waals surface area contributed by atoms with Gasteiger partial charge in [-0.25, -0.2) is 4.79 Å². The van der Waals surface area contributed by atoms with E-state index < -0.39 is 5.97 Å². The molecule has 3 nitrogen and oxygen atoms in total. The third-order valence-electron chi connectivity index (χ3n) is 2.49. The van der Waals surface area contributed by atoms with Crippen molar-refractivity contribution in [3.05, 3.63) is 41.7 Å². The van der Waals surface area contributed by atoms with Crippen LogP contribution in [0.2, 0.25) is 0 Å². The summed E-state index contributed by atoms with van der Waals surface area (Å²) >= 11 is 0. The van der Waals surface area contributed by atoms with E-state index in [1.54, 1.807) is 6.07 Å². The molecule has 1 N–H and O–H groups in total. The summed E-state index contributed by atoms with van der Waals surface area (Å²) in [5.41, 5.74) is 1.67. The van der Waals surface area contributed by atoms with E-state index in [0.717, 1.165) is 18.4 Å². The van der Waals surface area contributed by atoms with Crippen LogP contribution in [0.5, 0.6) is 0 Å². The van der Waals surface area contributed by atoms with Gasteiger partial charge < -0.3 is 9.51 Å². The molecule has 0 saturated heterocycles. The van der Waals surface area contributed by atoms with E-state index in [9.17, 15) is 4.79 Å². The maximum Gasteiger partial charge on any atom is 0.338 e. The third kappa shape index (κ3) is 2.16. The summed E-state index contributed by atoms with van der Waals surface area (Å²) in [4.78, 5) is 11.1. The second kappa shape index (κ2) is 4.75. The summed E-state index contributed by atoms with van der Waals surface area (Å²) in [7, 11) is 0. The van der Waals surface area contributed by atoms with E-state index in [1.807, 2.05) is 35.7 Å². The Morgan fingerprint density at radius 1 is 1.47 bits per heavy atom. The number of fused-ring (bicyclic) bond motifs is 1. The van der Waals surface area contributed by atoms with Crippen LogP contribution in [0.4, 0.5) is 0 Å². The monoisotopic (exact) mass is 227 g/mol. The first-order valence-corrected chi connectivity index (χ1v) is 5.56. The zero-order chi connectivity index (χ0) is 12.3. The van der Waals surface area contributed by atoms with Gasteiger partial charge in [0.05, 0.1) is 5.56 Å². The molecule has 0 aromatic carbocycles. The molecule has 2 heterocycles. The lowest BCUT2D eigenvalue weighted by molar-refractivity contribution is 0.0697. The van der Waals surface area contributed by atoms with E-state index in [1.165, 1.54) is 0 Å². The molecule has 2 aromatic rings. The van der Waals surface area contributed by atoms with Crippen molar-refractivity contribution < 1.29 is 9.90 Å². The molecule has 0 bridgehead atoms. The molecule has 0 aliphatic rings. The molecular formula is C14H13NO2. The van der Waals surface area contributed by atoms with Crippen molar-refractivity contribution in [1.82, 2.24) is 4.40 Å². The van der Waals surface area contributed by atoms with Gasteiger partial charge in [-0.05, 0) is 30.5 Å². The topological polar surface area (TPSA) is 41.7 Å². The van der Waals surface area contributed by atoms with Gasteiger partial charge in [-0.2, -0.15) is 0 Å². The minimum absolute atomic E-state index is 0.264. The van der Waals surface area contributed by atoms with E-state index in [-0.39, 0.29) is 5.56 Å². The van der Waals surface area contributed by atoms with E-state index in [0.29, 0.717) is 5.69 Å². The fourth-order valence-corrected chi connectivity index (χ4v) is 1.69. The van der Waals surface area contributed by atoms with Gasteiger partial charge in [0.1, 0.15) is 5.69 Å². The normalized spacial score (nSPS) is 9.94. The highest BCUT2D eigenvalue weighted by molar-refractivity contribution is 5.92. The van der Waals surface area contributed by atoms with Gasteiger partial charge in [-0.15, -0.1) is 0 Å². The van der Waals surface area contributed by atoms with Crippen LogP contribution < -0.4 is 0 Å². The highest BCUT2D eigenvalue weighted by Gasteiger charge is 2.13. The second-order valence-electron chi connectivity index (χ2n) is 3.76. The van der Waals surface area contributed by atoms with Crippen LogP contribution in [0.1, 0.15) is 35.8 Å². The number of hydrogen-bond donors (Lipinski definition) is 1. The Balaban J connectivity index is 2.61. The molecule has 3 heteroatoms. The number of hydrogen-bond acceptors (Lipinski definition) is 1. The van der Waals surface area contributed by atoms with Crippen molar-refractivity contribution in [1.29, 1.82) is 0 Å². The first kappa shape index (κ1) is 11.3. The fraction of sp³-hybridized carbons (Fsp3) is 0.214. The number of aromatic carboxylic acids is 1. The number of carbonyl (C=O) groups is 1. The zero-order valence-corrected chi connectivity index (χ0v) is 9.60.